The predicted octanol–water partition coefficient (Wildman–Crippen LogP) is 2.13. The van der Waals surface area contributed by atoms with Crippen molar-refractivity contribution in [3.8, 4) is 0 Å². The number of hydrogen-bond acceptors (Lipinski definition) is 4. The average Bonchev–Trinajstić information content (AvgIpc) is 3.13. The van der Waals surface area contributed by atoms with E-state index in [4.69, 9.17) is 4.74 Å². The number of methoxy groups -OCH3 is 1. The Balaban J connectivity index is 1.55. The average molecular weight is 360 g/mol. The molecule has 0 aliphatic carbocycles. The number of carbonyl (C=O) groups excluding carboxylic acids is 1. The quantitative estimate of drug-likeness (QED) is 0.810. The van der Waals surface area contributed by atoms with E-state index in [0.29, 0.717) is 5.92 Å². The van der Waals surface area contributed by atoms with Gasteiger partial charge in [0.25, 0.3) is 5.91 Å². The molecule has 5 heteroatoms. The van der Waals surface area contributed by atoms with Crippen LogP contribution in [-0.4, -0.2) is 67.7 Å². The molecule has 0 saturated carbocycles. The summed E-state index contributed by atoms with van der Waals surface area (Å²) in [6, 6.07) is 10.6. The van der Waals surface area contributed by atoms with E-state index in [0.717, 1.165) is 65.1 Å². The number of hydrogen-bond donors (Lipinski definition) is 1. The molecular weight excluding hydrogens is 326 g/mol. The SMILES string of the molecule is CCN(CC1CCN(Cc2ccccc2)C1)C(=O)C1(OC)CCNCC1. The summed E-state index contributed by atoms with van der Waals surface area (Å²) >= 11 is 0. The molecule has 1 aromatic carbocycles. The van der Waals surface area contributed by atoms with E-state index < -0.39 is 5.60 Å². The van der Waals surface area contributed by atoms with E-state index in [-0.39, 0.29) is 5.91 Å². The van der Waals surface area contributed by atoms with Gasteiger partial charge in [-0.1, -0.05) is 30.3 Å². The second-order valence-corrected chi connectivity index (χ2v) is 7.67. The summed E-state index contributed by atoms with van der Waals surface area (Å²) in [7, 11) is 1.69. The highest BCUT2D eigenvalue weighted by atomic mass is 16.5. The standard InChI is InChI=1S/C21H33N3O2/c1-3-24(20(25)21(26-2)10-12-22-13-11-21)17-19-9-14-23(16-19)15-18-7-5-4-6-8-18/h4-8,19,22H,3,9-17H2,1-2H3. The van der Waals surface area contributed by atoms with Gasteiger partial charge in [-0.25, -0.2) is 0 Å². The molecule has 2 heterocycles. The lowest BCUT2D eigenvalue weighted by Gasteiger charge is -2.39. The van der Waals surface area contributed by atoms with E-state index >= 15 is 0 Å². The van der Waals surface area contributed by atoms with Crippen LogP contribution in [0.1, 0.15) is 31.7 Å². The number of likely N-dealkylation sites (N-methyl/N-ethyl adjacent to an activating group) is 1. The van der Waals surface area contributed by atoms with Crippen LogP contribution in [0.15, 0.2) is 30.3 Å². The zero-order valence-electron chi connectivity index (χ0n) is 16.2. The lowest BCUT2D eigenvalue weighted by Crippen LogP contribution is -2.56. The molecule has 1 atom stereocenters. The van der Waals surface area contributed by atoms with Crippen molar-refractivity contribution in [1.29, 1.82) is 0 Å². The van der Waals surface area contributed by atoms with Gasteiger partial charge >= 0.3 is 0 Å². The Bertz CT molecular complexity index is 572. The van der Waals surface area contributed by atoms with Gasteiger partial charge in [0.2, 0.25) is 0 Å². The minimum atomic E-state index is -0.621. The van der Waals surface area contributed by atoms with Gasteiger partial charge in [-0.2, -0.15) is 0 Å². The molecule has 144 valence electrons. The third kappa shape index (κ3) is 4.45. The van der Waals surface area contributed by atoms with Crippen LogP contribution in [0.5, 0.6) is 0 Å². The molecule has 3 rings (SSSR count). The maximum Gasteiger partial charge on any atom is 0.254 e. The zero-order chi connectivity index (χ0) is 18.4. The van der Waals surface area contributed by atoms with Crippen LogP contribution in [0.4, 0.5) is 0 Å². The summed E-state index contributed by atoms with van der Waals surface area (Å²) in [6.07, 6.45) is 2.70. The number of rotatable bonds is 7. The van der Waals surface area contributed by atoms with Gasteiger partial charge in [-0.15, -0.1) is 0 Å². The lowest BCUT2D eigenvalue weighted by atomic mass is 9.90. The van der Waals surface area contributed by atoms with Crippen LogP contribution >= 0.6 is 0 Å². The number of likely N-dealkylation sites (tertiary alicyclic amines) is 1. The molecule has 2 saturated heterocycles. The fraction of sp³-hybridized carbons (Fsp3) is 0.667. The zero-order valence-corrected chi connectivity index (χ0v) is 16.2. The number of nitrogens with one attached hydrogen (secondary N) is 1. The molecular formula is C21H33N3O2. The Morgan fingerprint density at radius 1 is 1.31 bits per heavy atom. The first-order valence-electron chi connectivity index (χ1n) is 9.98. The highest BCUT2D eigenvalue weighted by molar-refractivity contribution is 5.85. The number of carbonyl (C=O) groups is 1. The second kappa shape index (κ2) is 8.98. The second-order valence-electron chi connectivity index (χ2n) is 7.67. The van der Waals surface area contributed by atoms with E-state index in [1.165, 1.54) is 5.56 Å². The van der Waals surface area contributed by atoms with E-state index in [1.807, 2.05) is 4.90 Å². The fourth-order valence-corrected chi connectivity index (χ4v) is 4.34. The third-order valence-corrected chi connectivity index (χ3v) is 5.96. The smallest absolute Gasteiger partial charge is 0.254 e. The summed E-state index contributed by atoms with van der Waals surface area (Å²) in [5.41, 5.74) is 0.744. The van der Waals surface area contributed by atoms with Crippen LogP contribution in [-0.2, 0) is 16.1 Å². The molecule has 1 aromatic rings. The van der Waals surface area contributed by atoms with E-state index in [2.05, 4.69) is 47.5 Å². The first-order chi connectivity index (χ1) is 12.7. The van der Waals surface area contributed by atoms with Crippen molar-refractivity contribution < 1.29 is 9.53 Å². The lowest BCUT2D eigenvalue weighted by molar-refractivity contribution is -0.158. The Labute approximate surface area is 157 Å². The topological polar surface area (TPSA) is 44.8 Å². The molecule has 5 nitrogen and oxygen atoms in total. The van der Waals surface area contributed by atoms with Crippen LogP contribution in [0, 0.1) is 5.92 Å². The van der Waals surface area contributed by atoms with Crippen LogP contribution in [0.2, 0.25) is 0 Å². The van der Waals surface area contributed by atoms with Crippen molar-refractivity contribution in [1.82, 2.24) is 15.1 Å². The first kappa shape index (κ1) is 19.3. The fourth-order valence-electron chi connectivity index (χ4n) is 4.34. The Morgan fingerprint density at radius 2 is 2.04 bits per heavy atom. The maximum atomic E-state index is 13.2. The minimum absolute atomic E-state index is 0.186. The molecule has 1 amide bonds. The Morgan fingerprint density at radius 3 is 2.69 bits per heavy atom. The molecule has 0 radical (unpaired) electrons. The largest absolute Gasteiger partial charge is 0.368 e. The Hall–Kier alpha value is -1.43. The summed E-state index contributed by atoms with van der Waals surface area (Å²) in [4.78, 5) is 17.7. The van der Waals surface area contributed by atoms with Gasteiger partial charge in [0.05, 0.1) is 0 Å². The highest BCUT2D eigenvalue weighted by Crippen LogP contribution is 2.27. The number of nitrogens with zero attached hydrogens (tertiary/aromatic N) is 2. The molecule has 2 aliphatic heterocycles. The summed E-state index contributed by atoms with van der Waals surface area (Å²) in [5, 5.41) is 3.33. The van der Waals surface area contributed by atoms with Gasteiger partial charge in [0.1, 0.15) is 5.60 Å². The monoisotopic (exact) mass is 359 g/mol. The summed E-state index contributed by atoms with van der Waals surface area (Å²) in [5.74, 6) is 0.740. The van der Waals surface area contributed by atoms with Crippen molar-refractivity contribution in [2.45, 2.75) is 38.3 Å². The molecule has 2 fully saturated rings. The maximum absolute atomic E-state index is 13.2. The van der Waals surface area contributed by atoms with Crippen LogP contribution in [0.25, 0.3) is 0 Å². The van der Waals surface area contributed by atoms with Crippen molar-refractivity contribution in [3.63, 3.8) is 0 Å². The van der Waals surface area contributed by atoms with E-state index in [9.17, 15) is 4.79 Å². The first-order valence-corrected chi connectivity index (χ1v) is 9.98. The van der Waals surface area contributed by atoms with Crippen LogP contribution in [0.3, 0.4) is 0 Å². The van der Waals surface area contributed by atoms with Crippen molar-refractivity contribution in [2.24, 2.45) is 5.92 Å². The van der Waals surface area contributed by atoms with Gasteiger partial charge in [-0.05, 0) is 57.3 Å². The molecule has 0 spiro atoms. The Kier molecular flexibility index (Phi) is 6.68. The number of amides is 1. The van der Waals surface area contributed by atoms with Gasteiger partial charge < -0.3 is 15.0 Å². The molecule has 26 heavy (non-hydrogen) atoms. The number of benzene rings is 1. The van der Waals surface area contributed by atoms with Crippen molar-refractivity contribution in [2.75, 3.05) is 46.4 Å². The van der Waals surface area contributed by atoms with Gasteiger partial charge in [0, 0.05) is 33.3 Å². The predicted molar refractivity (Wildman–Crippen MR) is 104 cm³/mol. The summed E-state index contributed by atoms with van der Waals surface area (Å²) < 4.78 is 5.75. The third-order valence-electron chi connectivity index (χ3n) is 5.96. The molecule has 1 unspecified atom stereocenters. The summed E-state index contributed by atoms with van der Waals surface area (Å²) in [6.45, 7) is 8.58. The number of piperidine rings is 1. The minimum Gasteiger partial charge on any atom is -0.368 e. The number of ether oxygens (including phenoxy) is 1. The highest BCUT2D eigenvalue weighted by Gasteiger charge is 2.42. The molecule has 0 bridgehead atoms. The molecule has 0 aromatic heterocycles. The van der Waals surface area contributed by atoms with Gasteiger partial charge in [0.15, 0.2) is 0 Å². The normalized spacial score (nSPS) is 23.1. The van der Waals surface area contributed by atoms with E-state index in [1.54, 1.807) is 7.11 Å². The van der Waals surface area contributed by atoms with Gasteiger partial charge in [-0.3, -0.25) is 9.69 Å². The molecule has 1 N–H and O–H groups in total. The van der Waals surface area contributed by atoms with Crippen LogP contribution < -0.4 is 5.32 Å². The van der Waals surface area contributed by atoms with Crippen molar-refractivity contribution in [3.05, 3.63) is 35.9 Å². The molecule has 2 aliphatic rings. The van der Waals surface area contributed by atoms with Crippen molar-refractivity contribution >= 4 is 5.91 Å².